The standard InChI is InChI=1S/C25H25N3O5S/c1-3-23(25(30)27-22-15-19(28(31)32)13-12-17(22)2)34-21-11-7-8-18(14-21)26-24(29)16-33-20-9-5-4-6-10-20/h4-15,23H,3,16H2,1-2H3,(H,26,29)(H,27,30). The van der Waals surface area contributed by atoms with Crippen molar-refractivity contribution < 1.29 is 19.2 Å². The maximum Gasteiger partial charge on any atom is 0.271 e. The van der Waals surface area contributed by atoms with E-state index in [2.05, 4.69) is 10.6 Å². The molecule has 1 atom stereocenters. The number of carbonyl (C=O) groups is 2. The smallest absolute Gasteiger partial charge is 0.271 e. The molecule has 0 aliphatic heterocycles. The Kier molecular flexibility index (Phi) is 8.64. The van der Waals surface area contributed by atoms with Gasteiger partial charge in [-0.15, -0.1) is 11.8 Å². The van der Waals surface area contributed by atoms with Crippen molar-refractivity contribution in [3.8, 4) is 5.75 Å². The summed E-state index contributed by atoms with van der Waals surface area (Å²) in [6, 6.07) is 20.6. The number of rotatable bonds is 10. The Bertz CT molecular complexity index is 1170. The molecular formula is C25H25N3O5S. The van der Waals surface area contributed by atoms with E-state index in [4.69, 9.17) is 4.74 Å². The fraction of sp³-hybridized carbons (Fsp3) is 0.200. The molecule has 8 nitrogen and oxygen atoms in total. The average molecular weight is 480 g/mol. The van der Waals surface area contributed by atoms with Crippen LogP contribution in [-0.2, 0) is 9.59 Å². The van der Waals surface area contributed by atoms with Gasteiger partial charge in [-0.05, 0) is 49.2 Å². The second kappa shape index (κ2) is 11.9. The summed E-state index contributed by atoms with van der Waals surface area (Å²) >= 11 is 1.36. The first-order valence-corrected chi connectivity index (χ1v) is 11.5. The molecule has 0 aliphatic carbocycles. The Labute approximate surface area is 201 Å². The van der Waals surface area contributed by atoms with E-state index in [-0.39, 0.29) is 24.1 Å². The average Bonchev–Trinajstić information content (AvgIpc) is 2.83. The molecule has 176 valence electrons. The molecule has 9 heteroatoms. The summed E-state index contributed by atoms with van der Waals surface area (Å²) in [4.78, 5) is 36.5. The van der Waals surface area contributed by atoms with Gasteiger partial charge in [0.15, 0.2) is 6.61 Å². The molecule has 3 rings (SSSR count). The van der Waals surface area contributed by atoms with Crippen LogP contribution in [0, 0.1) is 17.0 Å². The van der Waals surface area contributed by atoms with Gasteiger partial charge in [0, 0.05) is 22.7 Å². The first-order valence-electron chi connectivity index (χ1n) is 10.7. The monoisotopic (exact) mass is 479 g/mol. The molecule has 0 bridgehead atoms. The SMILES string of the molecule is CCC(Sc1cccc(NC(=O)COc2ccccc2)c1)C(=O)Nc1cc([N+](=O)[O-])ccc1C. The molecule has 0 spiro atoms. The van der Waals surface area contributed by atoms with Gasteiger partial charge in [0.25, 0.3) is 11.6 Å². The van der Waals surface area contributed by atoms with Gasteiger partial charge in [0.1, 0.15) is 5.75 Å². The largest absolute Gasteiger partial charge is 0.484 e. The van der Waals surface area contributed by atoms with E-state index in [1.54, 1.807) is 43.3 Å². The number of nitrogens with one attached hydrogen (secondary N) is 2. The quantitative estimate of drug-likeness (QED) is 0.228. The molecular weight excluding hydrogens is 454 g/mol. The number of hydrogen-bond acceptors (Lipinski definition) is 6. The van der Waals surface area contributed by atoms with E-state index in [1.807, 2.05) is 31.2 Å². The third kappa shape index (κ3) is 7.08. The Morgan fingerprint density at radius 2 is 1.79 bits per heavy atom. The van der Waals surface area contributed by atoms with E-state index < -0.39 is 10.2 Å². The van der Waals surface area contributed by atoms with Crippen molar-refractivity contribution in [2.45, 2.75) is 30.4 Å². The maximum atomic E-state index is 12.9. The van der Waals surface area contributed by atoms with Crippen molar-refractivity contribution in [2.24, 2.45) is 0 Å². The minimum absolute atomic E-state index is 0.0821. The van der Waals surface area contributed by atoms with E-state index in [1.165, 1.54) is 23.9 Å². The first kappa shape index (κ1) is 24.8. The van der Waals surface area contributed by atoms with Crippen LogP contribution in [0.1, 0.15) is 18.9 Å². The van der Waals surface area contributed by atoms with Crippen LogP contribution in [0.2, 0.25) is 0 Å². The van der Waals surface area contributed by atoms with Gasteiger partial charge >= 0.3 is 0 Å². The second-order valence-corrected chi connectivity index (χ2v) is 8.71. The number of nitro groups is 1. The Morgan fingerprint density at radius 1 is 1.03 bits per heavy atom. The summed E-state index contributed by atoms with van der Waals surface area (Å²) < 4.78 is 5.46. The van der Waals surface area contributed by atoms with E-state index in [9.17, 15) is 19.7 Å². The van der Waals surface area contributed by atoms with Gasteiger partial charge in [-0.25, -0.2) is 0 Å². The highest BCUT2D eigenvalue weighted by atomic mass is 32.2. The lowest BCUT2D eigenvalue weighted by Crippen LogP contribution is -2.25. The van der Waals surface area contributed by atoms with Gasteiger partial charge < -0.3 is 15.4 Å². The highest BCUT2D eigenvalue weighted by Gasteiger charge is 2.20. The zero-order chi connectivity index (χ0) is 24.5. The summed E-state index contributed by atoms with van der Waals surface area (Å²) in [6.07, 6.45) is 0.548. The molecule has 0 aromatic heterocycles. The number of carbonyl (C=O) groups excluding carboxylic acids is 2. The number of non-ortho nitro benzene ring substituents is 1. The topological polar surface area (TPSA) is 111 Å². The molecule has 0 fully saturated rings. The number of anilines is 2. The zero-order valence-corrected chi connectivity index (χ0v) is 19.6. The van der Waals surface area contributed by atoms with Gasteiger partial charge in [0.2, 0.25) is 5.91 Å². The molecule has 0 saturated carbocycles. The lowest BCUT2D eigenvalue weighted by Gasteiger charge is -2.16. The second-order valence-electron chi connectivity index (χ2n) is 7.44. The Morgan fingerprint density at radius 3 is 2.50 bits per heavy atom. The molecule has 0 heterocycles. The number of nitrogens with zero attached hydrogens (tertiary/aromatic N) is 1. The molecule has 3 aromatic carbocycles. The fourth-order valence-electron chi connectivity index (χ4n) is 3.07. The Hall–Kier alpha value is -3.85. The van der Waals surface area contributed by atoms with Crippen molar-refractivity contribution in [3.63, 3.8) is 0 Å². The number of amides is 2. The number of ether oxygens (including phenoxy) is 1. The van der Waals surface area contributed by atoms with Crippen molar-refractivity contribution in [1.82, 2.24) is 0 Å². The molecule has 0 saturated heterocycles. The summed E-state index contributed by atoms with van der Waals surface area (Å²) in [5.41, 5.74) is 1.66. The maximum absolute atomic E-state index is 12.9. The summed E-state index contributed by atoms with van der Waals surface area (Å²) in [7, 11) is 0. The fourth-order valence-corrected chi connectivity index (χ4v) is 4.08. The number of benzene rings is 3. The molecule has 3 aromatic rings. The summed E-state index contributed by atoms with van der Waals surface area (Å²) in [5, 5.41) is 16.2. The highest BCUT2D eigenvalue weighted by molar-refractivity contribution is 8.00. The number of thioether (sulfide) groups is 1. The predicted molar refractivity (Wildman–Crippen MR) is 133 cm³/mol. The molecule has 0 aliphatic rings. The third-order valence-corrected chi connectivity index (χ3v) is 6.22. The minimum atomic E-state index is -0.494. The molecule has 2 amide bonds. The number of para-hydroxylation sites is 1. The van der Waals surface area contributed by atoms with E-state index in [0.717, 1.165) is 10.5 Å². The van der Waals surface area contributed by atoms with Crippen LogP contribution in [-0.4, -0.2) is 28.6 Å². The lowest BCUT2D eigenvalue weighted by atomic mass is 10.1. The molecule has 1 unspecified atom stereocenters. The van der Waals surface area contributed by atoms with Crippen LogP contribution in [0.5, 0.6) is 5.75 Å². The number of aryl methyl sites for hydroxylation is 1. The van der Waals surface area contributed by atoms with Crippen LogP contribution < -0.4 is 15.4 Å². The highest BCUT2D eigenvalue weighted by Crippen LogP contribution is 2.29. The predicted octanol–water partition coefficient (Wildman–Crippen LogP) is 5.43. The molecule has 0 radical (unpaired) electrons. The minimum Gasteiger partial charge on any atom is -0.484 e. The zero-order valence-electron chi connectivity index (χ0n) is 18.8. The molecule has 34 heavy (non-hydrogen) atoms. The summed E-state index contributed by atoms with van der Waals surface area (Å²) in [5.74, 6) is 0.0662. The summed E-state index contributed by atoms with van der Waals surface area (Å²) in [6.45, 7) is 3.55. The van der Waals surface area contributed by atoms with Crippen LogP contribution in [0.15, 0.2) is 77.7 Å². The van der Waals surface area contributed by atoms with Crippen molar-refractivity contribution >= 4 is 40.6 Å². The van der Waals surface area contributed by atoms with Crippen LogP contribution >= 0.6 is 11.8 Å². The lowest BCUT2D eigenvalue weighted by molar-refractivity contribution is -0.384. The normalized spacial score (nSPS) is 11.4. The van der Waals surface area contributed by atoms with Crippen LogP contribution in [0.3, 0.4) is 0 Å². The Balaban J connectivity index is 1.61. The number of hydrogen-bond donors (Lipinski definition) is 2. The first-order chi connectivity index (χ1) is 16.4. The van der Waals surface area contributed by atoms with Crippen LogP contribution in [0.25, 0.3) is 0 Å². The van der Waals surface area contributed by atoms with Gasteiger partial charge in [-0.2, -0.15) is 0 Å². The molecule has 2 N–H and O–H groups in total. The third-order valence-electron chi connectivity index (χ3n) is 4.86. The van der Waals surface area contributed by atoms with E-state index >= 15 is 0 Å². The van der Waals surface area contributed by atoms with Gasteiger partial charge in [-0.3, -0.25) is 19.7 Å². The van der Waals surface area contributed by atoms with Gasteiger partial charge in [-0.1, -0.05) is 37.3 Å². The number of nitro benzene ring substituents is 1. The van der Waals surface area contributed by atoms with Crippen molar-refractivity contribution in [3.05, 3.63) is 88.5 Å². The van der Waals surface area contributed by atoms with Gasteiger partial charge in [0.05, 0.1) is 15.9 Å². The van der Waals surface area contributed by atoms with E-state index in [0.29, 0.717) is 23.5 Å². The van der Waals surface area contributed by atoms with Crippen molar-refractivity contribution in [2.75, 3.05) is 17.2 Å². The van der Waals surface area contributed by atoms with Crippen LogP contribution in [0.4, 0.5) is 17.1 Å². The van der Waals surface area contributed by atoms with Crippen molar-refractivity contribution in [1.29, 1.82) is 0 Å².